The maximum absolute atomic E-state index is 11.1. The van der Waals surface area contributed by atoms with Crippen molar-refractivity contribution in [2.75, 3.05) is 5.32 Å². The molecule has 104 valence electrons. The van der Waals surface area contributed by atoms with Gasteiger partial charge < -0.3 is 5.32 Å². The van der Waals surface area contributed by atoms with Gasteiger partial charge in [-0.3, -0.25) is 10.1 Å². The Hall–Kier alpha value is -2.41. The molecule has 7 nitrogen and oxygen atoms in total. The summed E-state index contributed by atoms with van der Waals surface area (Å²) in [6, 6.07) is 6.31. The summed E-state index contributed by atoms with van der Waals surface area (Å²) in [6.07, 6.45) is 0. The van der Waals surface area contributed by atoms with Crippen molar-refractivity contribution < 1.29 is 4.92 Å². The van der Waals surface area contributed by atoms with Gasteiger partial charge in [-0.1, -0.05) is 0 Å². The summed E-state index contributed by atoms with van der Waals surface area (Å²) in [4.78, 5) is 10.5. The van der Waals surface area contributed by atoms with E-state index in [0.717, 1.165) is 0 Å². The van der Waals surface area contributed by atoms with E-state index >= 15 is 0 Å². The number of nitrogens with zero attached hydrogens (tertiary/aromatic N) is 4. The monoisotopic (exact) mass is 409 g/mol. The van der Waals surface area contributed by atoms with Gasteiger partial charge in [-0.2, -0.15) is 15.8 Å². The zero-order valence-electron chi connectivity index (χ0n) is 10.4. The van der Waals surface area contributed by atoms with E-state index in [2.05, 4.69) is 37.2 Å². The van der Waals surface area contributed by atoms with Crippen LogP contribution in [-0.2, 0) is 0 Å². The van der Waals surface area contributed by atoms with Crippen molar-refractivity contribution in [2.24, 2.45) is 0 Å². The molecule has 0 fully saturated rings. The second-order valence-electron chi connectivity index (χ2n) is 3.66. The number of anilines is 1. The quantitative estimate of drug-likeness (QED) is 0.460. The normalized spacial score (nSPS) is 8.95. The molecule has 0 spiro atoms. The molecule has 1 aromatic rings. The topological polar surface area (TPSA) is 127 Å². The summed E-state index contributed by atoms with van der Waals surface area (Å²) in [5.74, 6) is 0. The minimum absolute atomic E-state index is 0.173. The number of allylic oxidation sites excluding steroid dienone is 2. The molecule has 0 aliphatic carbocycles. The van der Waals surface area contributed by atoms with Gasteiger partial charge in [-0.25, -0.2) is 0 Å². The van der Waals surface area contributed by atoms with Crippen LogP contribution in [0.5, 0.6) is 0 Å². The number of nitro benzene ring substituents is 1. The highest BCUT2D eigenvalue weighted by atomic mass is 79.9. The van der Waals surface area contributed by atoms with Crippen molar-refractivity contribution in [2.45, 2.75) is 6.92 Å². The van der Waals surface area contributed by atoms with Crippen LogP contribution in [0, 0.1) is 51.0 Å². The van der Waals surface area contributed by atoms with Gasteiger partial charge in [0.05, 0.1) is 20.6 Å². The first-order chi connectivity index (χ1) is 9.87. The van der Waals surface area contributed by atoms with Crippen molar-refractivity contribution in [3.63, 3.8) is 0 Å². The molecule has 0 unspecified atom stereocenters. The summed E-state index contributed by atoms with van der Waals surface area (Å²) >= 11 is 6.31. The fourth-order valence-corrected chi connectivity index (χ4v) is 3.12. The zero-order valence-corrected chi connectivity index (χ0v) is 13.6. The van der Waals surface area contributed by atoms with Gasteiger partial charge in [0.25, 0.3) is 5.69 Å². The van der Waals surface area contributed by atoms with Crippen LogP contribution in [0.25, 0.3) is 0 Å². The lowest BCUT2D eigenvalue weighted by Gasteiger charge is -2.12. The predicted octanol–water partition coefficient (Wildman–Crippen LogP) is 3.66. The number of halogens is 2. The van der Waals surface area contributed by atoms with Gasteiger partial charge in [0.1, 0.15) is 23.9 Å². The van der Waals surface area contributed by atoms with E-state index < -0.39 is 10.5 Å². The Morgan fingerprint density at radius 3 is 2.24 bits per heavy atom. The second kappa shape index (κ2) is 6.85. The Morgan fingerprint density at radius 1 is 1.24 bits per heavy atom. The second-order valence-corrected chi connectivity index (χ2v) is 5.37. The van der Waals surface area contributed by atoms with Crippen LogP contribution in [0.15, 0.2) is 26.3 Å². The van der Waals surface area contributed by atoms with Crippen molar-refractivity contribution in [1.82, 2.24) is 0 Å². The number of nitro groups is 1. The molecule has 0 atom stereocenters. The first-order valence-electron chi connectivity index (χ1n) is 5.21. The molecule has 21 heavy (non-hydrogen) atoms. The van der Waals surface area contributed by atoms with Crippen molar-refractivity contribution in [3.05, 3.63) is 42.0 Å². The van der Waals surface area contributed by atoms with E-state index in [-0.39, 0.29) is 27.1 Å². The third-order valence-corrected chi connectivity index (χ3v) is 3.70. The molecule has 1 N–H and O–H groups in total. The Labute approximate surface area is 136 Å². The molecular formula is C12H5Br2N5O2. The molecule has 0 radical (unpaired) electrons. The van der Waals surface area contributed by atoms with E-state index in [1.54, 1.807) is 18.2 Å². The molecule has 1 aromatic carbocycles. The van der Waals surface area contributed by atoms with E-state index in [0.29, 0.717) is 4.47 Å². The fourth-order valence-electron chi connectivity index (χ4n) is 1.51. The molecule has 0 saturated heterocycles. The number of nitriles is 3. The Bertz CT molecular complexity index is 765. The summed E-state index contributed by atoms with van der Waals surface area (Å²) in [5.41, 5.74) is -0.364. The lowest BCUT2D eigenvalue weighted by Crippen LogP contribution is -2.05. The standard InChI is InChI=1S/C12H5Br2N5O2/c1-6-11(18-10(5-17)7(3-15)4-16)8(13)2-9(14)12(6)19(20)21/h2,18H,1H3. The molecule has 9 heteroatoms. The summed E-state index contributed by atoms with van der Waals surface area (Å²) in [5, 5.41) is 40.2. The number of rotatable bonds is 3. The highest BCUT2D eigenvalue weighted by Gasteiger charge is 2.22. The first kappa shape index (κ1) is 16.6. The van der Waals surface area contributed by atoms with E-state index in [1.165, 1.54) is 13.0 Å². The van der Waals surface area contributed by atoms with E-state index in [4.69, 9.17) is 15.8 Å². The van der Waals surface area contributed by atoms with Crippen LogP contribution < -0.4 is 5.32 Å². The summed E-state index contributed by atoms with van der Waals surface area (Å²) in [6.45, 7) is 1.49. The Kier molecular flexibility index (Phi) is 5.43. The third-order valence-electron chi connectivity index (χ3n) is 2.47. The molecule has 0 heterocycles. The minimum atomic E-state index is -0.567. The molecule has 0 amide bonds. The van der Waals surface area contributed by atoms with Crippen LogP contribution in [0.4, 0.5) is 11.4 Å². The van der Waals surface area contributed by atoms with Crippen molar-refractivity contribution >= 4 is 43.2 Å². The molecular weight excluding hydrogens is 406 g/mol. The fraction of sp³-hybridized carbons (Fsp3) is 0.0833. The molecule has 1 rings (SSSR count). The van der Waals surface area contributed by atoms with E-state index in [1.807, 2.05) is 0 Å². The molecule has 0 bridgehead atoms. The first-order valence-corrected chi connectivity index (χ1v) is 6.80. The molecule has 0 aliphatic heterocycles. The van der Waals surface area contributed by atoms with Gasteiger partial charge in [0.15, 0.2) is 5.57 Å². The van der Waals surface area contributed by atoms with Crippen molar-refractivity contribution in [1.29, 1.82) is 15.8 Å². The van der Waals surface area contributed by atoms with Crippen LogP contribution in [0.1, 0.15) is 5.56 Å². The van der Waals surface area contributed by atoms with E-state index in [9.17, 15) is 10.1 Å². The van der Waals surface area contributed by atoms with Gasteiger partial charge >= 0.3 is 0 Å². The number of hydrogen-bond acceptors (Lipinski definition) is 6. The lowest BCUT2D eigenvalue weighted by molar-refractivity contribution is -0.386. The smallest absolute Gasteiger partial charge is 0.288 e. The molecule has 0 aromatic heterocycles. The van der Waals surface area contributed by atoms with Crippen LogP contribution in [0.2, 0.25) is 0 Å². The van der Waals surface area contributed by atoms with Crippen molar-refractivity contribution in [3.8, 4) is 18.2 Å². The summed E-state index contributed by atoms with van der Waals surface area (Å²) in [7, 11) is 0. The predicted molar refractivity (Wildman–Crippen MR) is 80.7 cm³/mol. The molecule has 0 saturated carbocycles. The Balaban J connectivity index is 3.55. The Morgan fingerprint density at radius 2 is 1.81 bits per heavy atom. The lowest BCUT2D eigenvalue weighted by atomic mass is 10.1. The van der Waals surface area contributed by atoms with Gasteiger partial charge in [-0.15, -0.1) is 0 Å². The highest BCUT2D eigenvalue weighted by molar-refractivity contribution is 9.11. The van der Waals surface area contributed by atoms with Gasteiger partial charge in [0.2, 0.25) is 0 Å². The number of hydrogen-bond donors (Lipinski definition) is 1. The number of benzene rings is 1. The maximum atomic E-state index is 11.1. The van der Waals surface area contributed by atoms with Gasteiger partial charge in [0, 0.05) is 4.47 Å². The maximum Gasteiger partial charge on any atom is 0.288 e. The van der Waals surface area contributed by atoms with Crippen LogP contribution in [0.3, 0.4) is 0 Å². The largest absolute Gasteiger partial charge is 0.344 e. The summed E-state index contributed by atoms with van der Waals surface area (Å²) < 4.78 is 0.714. The minimum Gasteiger partial charge on any atom is -0.344 e. The third kappa shape index (κ3) is 3.38. The van der Waals surface area contributed by atoms with Crippen LogP contribution in [-0.4, -0.2) is 4.92 Å². The number of nitrogens with one attached hydrogen (secondary N) is 1. The zero-order chi connectivity index (χ0) is 16.2. The average Bonchev–Trinajstić information content (AvgIpc) is 2.41. The van der Waals surface area contributed by atoms with Gasteiger partial charge in [-0.05, 0) is 44.8 Å². The molecule has 0 aliphatic rings. The SMILES string of the molecule is Cc1c(NC(C#N)=C(C#N)C#N)c(Br)cc(Br)c1[N+](=O)[O-]. The van der Waals surface area contributed by atoms with Crippen LogP contribution >= 0.6 is 31.9 Å². The average molecular weight is 411 g/mol. The highest BCUT2D eigenvalue weighted by Crippen LogP contribution is 2.39.